The van der Waals surface area contributed by atoms with Crippen LogP contribution in [-0.2, 0) is 17.2 Å². The largest absolute Gasteiger partial charge is 0.497 e. The summed E-state index contributed by atoms with van der Waals surface area (Å²) in [6, 6.07) is 7.56. The molecule has 1 aromatic heterocycles. The van der Waals surface area contributed by atoms with E-state index in [1.807, 2.05) is 24.3 Å². The average molecular weight is 310 g/mol. The van der Waals surface area contributed by atoms with E-state index in [1.165, 1.54) is 0 Å². The van der Waals surface area contributed by atoms with E-state index in [9.17, 15) is 4.79 Å². The van der Waals surface area contributed by atoms with E-state index in [4.69, 9.17) is 21.1 Å². The van der Waals surface area contributed by atoms with Gasteiger partial charge in [-0.05, 0) is 24.6 Å². The molecular weight excluding hydrogens is 294 g/mol. The molecule has 0 unspecified atom stereocenters. The average Bonchev–Trinajstić information content (AvgIpc) is 2.91. The van der Waals surface area contributed by atoms with Gasteiger partial charge in [0.2, 0.25) is 0 Å². The Morgan fingerprint density at radius 2 is 2.05 bits per heavy atom. The highest BCUT2D eigenvalue weighted by Crippen LogP contribution is 2.15. The second-order valence-corrected chi connectivity index (χ2v) is 4.51. The zero-order chi connectivity index (χ0) is 15.2. The number of esters is 1. The minimum Gasteiger partial charge on any atom is -0.497 e. The van der Waals surface area contributed by atoms with E-state index in [2.05, 4.69) is 10.3 Å². The first-order valence-electron chi connectivity index (χ1n) is 6.48. The van der Waals surface area contributed by atoms with Crippen LogP contribution in [-0.4, -0.2) is 34.7 Å². The number of aromatic nitrogens is 3. The topological polar surface area (TPSA) is 66.2 Å². The Balaban J connectivity index is 2.21. The molecule has 0 bridgehead atoms. The van der Waals surface area contributed by atoms with Crippen LogP contribution in [0.5, 0.6) is 5.75 Å². The number of carbonyl (C=O) groups excluding carboxylic acids is 1. The van der Waals surface area contributed by atoms with Crippen molar-refractivity contribution >= 4 is 17.6 Å². The molecule has 2 rings (SSSR count). The van der Waals surface area contributed by atoms with Gasteiger partial charge in [0, 0.05) is 0 Å². The molecule has 0 saturated heterocycles. The number of benzene rings is 1. The third-order valence-electron chi connectivity index (χ3n) is 2.92. The fourth-order valence-corrected chi connectivity index (χ4v) is 2.12. The third-order valence-corrected chi connectivity index (χ3v) is 3.18. The van der Waals surface area contributed by atoms with Gasteiger partial charge in [0.25, 0.3) is 0 Å². The maximum absolute atomic E-state index is 11.8. The lowest BCUT2D eigenvalue weighted by Gasteiger charge is -2.06. The summed E-state index contributed by atoms with van der Waals surface area (Å²) >= 11 is 5.91. The normalized spacial score (nSPS) is 10.4. The van der Waals surface area contributed by atoms with Crippen LogP contribution < -0.4 is 4.74 Å². The number of methoxy groups -OCH3 is 1. The fourth-order valence-electron chi connectivity index (χ4n) is 1.85. The van der Waals surface area contributed by atoms with Gasteiger partial charge in [-0.15, -0.1) is 16.7 Å². The van der Waals surface area contributed by atoms with Crippen molar-refractivity contribution in [3.8, 4) is 5.75 Å². The summed E-state index contributed by atoms with van der Waals surface area (Å²) < 4.78 is 11.6. The lowest BCUT2D eigenvalue weighted by Crippen LogP contribution is -2.10. The predicted octanol–water partition coefficient (Wildman–Crippen LogP) is 2.25. The van der Waals surface area contributed by atoms with E-state index < -0.39 is 5.97 Å². The van der Waals surface area contributed by atoms with Gasteiger partial charge in [0.05, 0.1) is 31.8 Å². The Morgan fingerprint density at radius 1 is 1.33 bits per heavy atom. The summed E-state index contributed by atoms with van der Waals surface area (Å²) in [5, 5.41) is 7.84. The monoisotopic (exact) mass is 309 g/mol. The van der Waals surface area contributed by atoms with E-state index in [-0.39, 0.29) is 18.2 Å². The number of rotatable bonds is 6. The maximum Gasteiger partial charge on any atom is 0.360 e. The highest BCUT2D eigenvalue weighted by Gasteiger charge is 2.20. The molecule has 1 aromatic carbocycles. The SMILES string of the molecule is CCOC(=O)c1nnn(Cc2ccc(OC)cc2)c1CCl. The molecule has 6 nitrogen and oxygen atoms in total. The lowest BCUT2D eigenvalue weighted by molar-refractivity contribution is 0.0518. The first-order chi connectivity index (χ1) is 10.2. The van der Waals surface area contributed by atoms with Crippen LogP contribution in [0.4, 0.5) is 0 Å². The quantitative estimate of drug-likeness (QED) is 0.605. The van der Waals surface area contributed by atoms with Gasteiger partial charge >= 0.3 is 5.97 Å². The lowest BCUT2D eigenvalue weighted by atomic mass is 10.2. The molecule has 0 aliphatic carbocycles. The Bertz CT molecular complexity index is 610. The van der Waals surface area contributed by atoms with Crippen LogP contribution in [0.3, 0.4) is 0 Å². The molecule has 112 valence electrons. The van der Waals surface area contributed by atoms with Crippen molar-refractivity contribution in [2.45, 2.75) is 19.3 Å². The molecule has 7 heteroatoms. The molecule has 21 heavy (non-hydrogen) atoms. The summed E-state index contributed by atoms with van der Waals surface area (Å²) in [7, 11) is 1.61. The van der Waals surface area contributed by atoms with Gasteiger partial charge in [-0.3, -0.25) is 0 Å². The van der Waals surface area contributed by atoms with Gasteiger partial charge in [-0.25, -0.2) is 9.48 Å². The first kappa shape index (κ1) is 15.3. The van der Waals surface area contributed by atoms with Gasteiger partial charge in [-0.1, -0.05) is 17.3 Å². The van der Waals surface area contributed by atoms with Crippen molar-refractivity contribution < 1.29 is 14.3 Å². The standard InChI is InChI=1S/C14H16ClN3O3/c1-3-21-14(19)13-12(8-15)18(17-16-13)9-10-4-6-11(20-2)7-5-10/h4-7H,3,8-9H2,1-2H3. The predicted molar refractivity (Wildman–Crippen MR) is 77.6 cm³/mol. The van der Waals surface area contributed by atoms with Crippen molar-refractivity contribution in [2.75, 3.05) is 13.7 Å². The number of alkyl halides is 1. The zero-order valence-corrected chi connectivity index (χ0v) is 12.6. The highest BCUT2D eigenvalue weighted by atomic mass is 35.5. The van der Waals surface area contributed by atoms with Gasteiger partial charge in [0.15, 0.2) is 5.69 Å². The molecule has 0 saturated carbocycles. The highest BCUT2D eigenvalue weighted by molar-refractivity contribution is 6.17. The van der Waals surface area contributed by atoms with Crippen molar-refractivity contribution in [2.24, 2.45) is 0 Å². The summed E-state index contributed by atoms with van der Waals surface area (Å²) in [6.45, 7) is 2.49. The molecule has 2 aromatic rings. The Hall–Kier alpha value is -2.08. The fraction of sp³-hybridized carbons (Fsp3) is 0.357. The van der Waals surface area contributed by atoms with Crippen LogP contribution >= 0.6 is 11.6 Å². The number of ether oxygens (including phenoxy) is 2. The molecule has 1 heterocycles. The van der Waals surface area contributed by atoms with Gasteiger partial charge in [0.1, 0.15) is 5.75 Å². The summed E-state index contributed by atoms with van der Waals surface area (Å²) in [6.07, 6.45) is 0. The van der Waals surface area contributed by atoms with Crippen molar-refractivity contribution in [3.63, 3.8) is 0 Å². The molecular formula is C14H16ClN3O3. The third kappa shape index (κ3) is 3.52. The van der Waals surface area contributed by atoms with Crippen LogP contribution in [0.2, 0.25) is 0 Å². The molecule has 0 aliphatic heterocycles. The van der Waals surface area contributed by atoms with Crippen molar-refractivity contribution in [1.82, 2.24) is 15.0 Å². The Morgan fingerprint density at radius 3 is 2.62 bits per heavy atom. The summed E-state index contributed by atoms with van der Waals surface area (Å²) in [4.78, 5) is 11.8. The van der Waals surface area contributed by atoms with E-state index in [0.717, 1.165) is 11.3 Å². The molecule has 0 aliphatic rings. The number of nitrogens with zero attached hydrogens (tertiary/aromatic N) is 3. The van der Waals surface area contributed by atoms with Gasteiger partial charge < -0.3 is 9.47 Å². The van der Waals surface area contributed by atoms with Crippen molar-refractivity contribution in [3.05, 3.63) is 41.2 Å². The van der Waals surface area contributed by atoms with Crippen LogP contribution in [0.15, 0.2) is 24.3 Å². The molecule has 0 radical (unpaired) electrons. The first-order valence-corrected chi connectivity index (χ1v) is 7.01. The minimum atomic E-state index is -0.505. The Labute approximate surface area is 127 Å². The number of hydrogen-bond donors (Lipinski definition) is 0. The van der Waals surface area contributed by atoms with Crippen LogP contribution in [0.25, 0.3) is 0 Å². The Kier molecular flexibility index (Phi) is 5.16. The maximum atomic E-state index is 11.8. The van der Waals surface area contributed by atoms with E-state index in [0.29, 0.717) is 12.2 Å². The number of carbonyl (C=O) groups is 1. The second-order valence-electron chi connectivity index (χ2n) is 4.24. The van der Waals surface area contributed by atoms with Crippen LogP contribution in [0, 0.1) is 0 Å². The number of hydrogen-bond acceptors (Lipinski definition) is 5. The summed E-state index contributed by atoms with van der Waals surface area (Å²) in [5.74, 6) is 0.411. The molecule has 0 spiro atoms. The minimum absolute atomic E-state index is 0.136. The summed E-state index contributed by atoms with van der Waals surface area (Å²) in [5.41, 5.74) is 1.72. The number of halogens is 1. The molecule has 0 N–H and O–H groups in total. The van der Waals surface area contributed by atoms with Crippen molar-refractivity contribution in [1.29, 1.82) is 0 Å². The molecule has 0 fully saturated rings. The smallest absolute Gasteiger partial charge is 0.360 e. The van der Waals surface area contributed by atoms with E-state index in [1.54, 1.807) is 18.7 Å². The second kappa shape index (κ2) is 7.08. The van der Waals surface area contributed by atoms with Gasteiger partial charge in [-0.2, -0.15) is 0 Å². The molecule has 0 atom stereocenters. The molecule has 0 amide bonds. The van der Waals surface area contributed by atoms with Crippen LogP contribution in [0.1, 0.15) is 28.7 Å². The zero-order valence-electron chi connectivity index (χ0n) is 11.9. The van der Waals surface area contributed by atoms with E-state index >= 15 is 0 Å².